The van der Waals surface area contributed by atoms with Gasteiger partial charge in [-0.15, -0.1) is 0 Å². The summed E-state index contributed by atoms with van der Waals surface area (Å²) in [6, 6.07) is 6.57. The third kappa shape index (κ3) is 2.96. The van der Waals surface area contributed by atoms with Crippen LogP contribution in [0.3, 0.4) is 0 Å². The number of carbonyl (C=O) groups is 1. The molecule has 1 aromatic rings. The predicted molar refractivity (Wildman–Crippen MR) is 78.0 cm³/mol. The van der Waals surface area contributed by atoms with Crippen molar-refractivity contribution in [2.45, 2.75) is 32.2 Å². The van der Waals surface area contributed by atoms with Gasteiger partial charge in [-0.25, -0.2) is 0 Å². The number of nitrogens with one attached hydrogen (secondary N) is 2. The Bertz CT molecular complexity index is 455. The molecule has 0 bridgehead atoms. The Kier molecular flexibility index (Phi) is 4.56. The lowest BCUT2D eigenvalue weighted by Gasteiger charge is -2.27. The average Bonchev–Trinajstić information content (AvgIpc) is 2.44. The molecular weight excluding hydrogens is 238 g/mol. The average molecular weight is 261 g/mol. The van der Waals surface area contributed by atoms with Gasteiger partial charge in [-0.3, -0.25) is 4.79 Å². The fourth-order valence-electron chi connectivity index (χ4n) is 2.81. The molecule has 2 unspecified atom stereocenters. The third-order valence-electron chi connectivity index (χ3n) is 3.99. The van der Waals surface area contributed by atoms with Crippen LogP contribution in [0.1, 0.15) is 36.9 Å². The number of hydrogen-bond acceptors (Lipinski definition) is 3. The van der Waals surface area contributed by atoms with Crippen molar-refractivity contribution in [2.24, 2.45) is 11.7 Å². The molecule has 104 valence electrons. The lowest BCUT2D eigenvalue weighted by Crippen LogP contribution is -2.30. The monoisotopic (exact) mass is 261 g/mol. The van der Waals surface area contributed by atoms with Crippen LogP contribution in [0.15, 0.2) is 18.2 Å². The number of carbonyl (C=O) groups excluding carboxylic acids is 1. The Hall–Kier alpha value is -1.39. The van der Waals surface area contributed by atoms with Gasteiger partial charge in [0, 0.05) is 18.2 Å². The summed E-state index contributed by atoms with van der Waals surface area (Å²) in [6.45, 7) is 2.84. The maximum absolute atomic E-state index is 11.4. The van der Waals surface area contributed by atoms with E-state index in [1.807, 2.05) is 13.1 Å². The molecule has 4 N–H and O–H groups in total. The minimum atomic E-state index is 0.110. The summed E-state index contributed by atoms with van der Waals surface area (Å²) >= 11 is 0. The van der Waals surface area contributed by atoms with Crippen LogP contribution in [-0.2, 0) is 11.2 Å². The van der Waals surface area contributed by atoms with Crippen molar-refractivity contribution >= 4 is 11.6 Å². The summed E-state index contributed by atoms with van der Waals surface area (Å²) < 4.78 is 0. The number of hydrogen-bond donors (Lipinski definition) is 3. The van der Waals surface area contributed by atoms with Crippen LogP contribution in [-0.4, -0.2) is 19.5 Å². The molecule has 0 saturated carbocycles. The lowest BCUT2D eigenvalue weighted by atomic mass is 9.88. The van der Waals surface area contributed by atoms with Crippen molar-refractivity contribution < 1.29 is 4.79 Å². The van der Waals surface area contributed by atoms with E-state index in [1.165, 1.54) is 11.1 Å². The zero-order chi connectivity index (χ0) is 13.8. The number of nitrogens with two attached hydrogens (primary N) is 1. The fourth-order valence-corrected chi connectivity index (χ4v) is 2.81. The van der Waals surface area contributed by atoms with E-state index in [-0.39, 0.29) is 11.9 Å². The highest BCUT2D eigenvalue weighted by Gasteiger charge is 2.21. The van der Waals surface area contributed by atoms with Gasteiger partial charge in [0.2, 0.25) is 5.91 Å². The molecule has 0 spiro atoms. The van der Waals surface area contributed by atoms with Crippen molar-refractivity contribution in [1.29, 1.82) is 0 Å². The molecule has 19 heavy (non-hydrogen) atoms. The number of anilines is 1. The molecule has 1 aliphatic heterocycles. The van der Waals surface area contributed by atoms with Crippen LogP contribution in [0, 0.1) is 5.92 Å². The van der Waals surface area contributed by atoms with E-state index in [0.29, 0.717) is 18.9 Å². The van der Waals surface area contributed by atoms with Crippen LogP contribution >= 0.6 is 0 Å². The zero-order valence-corrected chi connectivity index (χ0v) is 11.7. The van der Waals surface area contributed by atoms with Gasteiger partial charge in [-0.05, 0) is 43.1 Å². The van der Waals surface area contributed by atoms with Gasteiger partial charge in [-0.1, -0.05) is 25.5 Å². The molecule has 4 nitrogen and oxygen atoms in total. The molecule has 1 amide bonds. The van der Waals surface area contributed by atoms with Gasteiger partial charge in [0.05, 0.1) is 0 Å². The number of rotatable bonds is 5. The summed E-state index contributed by atoms with van der Waals surface area (Å²) in [5, 5.41) is 6.29. The minimum absolute atomic E-state index is 0.110. The first kappa shape index (κ1) is 14.0. The molecule has 0 saturated heterocycles. The second-order valence-corrected chi connectivity index (χ2v) is 5.14. The number of aryl methyl sites for hydroxylation is 1. The highest BCUT2D eigenvalue weighted by molar-refractivity contribution is 5.93. The summed E-state index contributed by atoms with van der Waals surface area (Å²) in [4.78, 5) is 11.4. The van der Waals surface area contributed by atoms with Crippen molar-refractivity contribution in [2.75, 3.05) is 18.9 Å². The predicted octanol–water partition coefficient (Wildman–Crippen LogP) is 1.82. The Morgan fingerprint density at radius 1 is 1.42 bits per heavy atom. The SMILES string of the molecule is CCC(CN)C(NC)c1ccc2c(c1)CCC(=O)N2. The standard InChI is InChI=1S/C15H23N3O/c1-3-10(9-16)15(17-2)12-4-6-13-11(8-12)5-7-14(19)18-13/h4,6,8,10,15,17H,3,5,7,9,16H2,1-2H3,(H,18,19). The van der Waals surface area contributed by atoms with Crippen molar-refractivity contribution in [3.05, 3.63) is 29.3 Å². The van der Waals surface area contributed by atoms with E-state index >= 15 is 0 Å². The highest BCUT2D eigenvalue weighted by Crippen LogP contribution is 2.29. The maximum atomic E-state index is 11.4. The summed E-state index contributed by atoms with van der Waals surface area (Å²) in [6.07, 6.45) is 2.45. The van der Waals surface area contributed by atoms with Crippen LogP contribution in [0.5, 0.6) is 0 Å². The molecule has 0 fully saturated rings. The fraction of sp³-hybridized carbons (Fsp3) is 0.533. The van der Waals surface area contributed by atoms with E-state index in [0.717, 1.165) is 18.5 Å². The largest absolute Gasteiger partial charge is 0.330 e. The minimum Gasteiger partial charge on any atom is -0.330 e. The number of fused-ring (bicyclic) bond motifs is 1. The number of benzene rings is 1. The Labute approximate surface area is 114 Å². The van der Waals surface area contributed by atoms with Crippen molar-refractivity contribution in [1.82, 2.24) is 5.32 Å². The van der Waals surface area contributed by atoms with E-state index in [1.54, 1.807) is 0 Å². The van der Waals surface area contributed by atoms with Gasteiger partial charge >= 0.3 is 0 Å². The van der Waals surface area contributed by atoms with Crippen LogP contribution in [0.2, 0.25) is 0 Å². The van der Waals surface area contributed by atoms with Gasteiger partial charge in [0.1, 0.15) is 0 Å². The Morgan fingerprint density at radius 3 is 2.84 bits per heavy atom. The van der Waals surface area contributed by atoms with Crippen LogP contribution in [0.4, 0.5) is 5.69 Å². The van der Waals surface area contributed by atoms with E-state index in [4.69, 9.17) is 5.73 Å². The smallest absolute Gasteiger partial charge is 0.224 e. The molecule has 2 rings (SSSR count). The normalized spacial score (nSPS) is 17.5. The summed E-state index contributed by atoms with van der Waals surface area (Å²) in [5.74, 6) is 0.542. The molecule has 1 aromatic carbocycles. The molecule has 0 aliphatic carbocycles. The summed E-state index contributed by atoms with van der Waals surface area (Å²) in [5.41, 5.74) is 9.30. The second-order valence-electron chi connectivity index (χ2n) is 5.14. The molecule has 1 aliphatic rings. The molecule has 0 radical (unpaired) electrons. The Morgan fingerprint density at radius 2 is 2.21 bits per heavy atom. The molecular formula is C15H23N3O. The van der Waals surface area contributed by atoms with Gasteiger partial charge < -0.3 is 16.4 Å². The van der Waals surface area contributed by atoms with Gasteiger partial charge in [0.25, 0.3) is 0 Å². The lowest BCUT2D eigenvalue weighted by molar-refractivity contribution is -0.116. The van der Waals surface area contributed by atoms with Gasteiger partial charge in [0.15, 0.2) is 0 Å². The molecule has 1 heterocycles. The highest BCUT2D eigenvalue weighted by atomic mass is 16.1. The van der Waals surface area contributed by atoms with Crippen LogP contribution < -0.4 is 16.4 Å². The first-order valence-corrected chi connectivity index (χ1v) is 6.99. The topological polar surface area (TPSA) is 67.1 Å². The first-order chi connectivity index (χ1) is 9.19. The molecule has 0 aromatic heterocycles. The van der Waals surface area contributed by atoms with E-state index in [9.17, 15) is 4.79 Å². The van der Waals surface area contributed by atoms with E-state index in [2.05, 4.69) is 29.7 Å². The van der Waals surface area contributed by atoms with Crippen molar-refractivity contribution in [3.63, 3.8) is 0 Å². The molecule has 4 heteroatoms. The van der Waals surface area contributed by atoms with Gasteiger partial charge in [-0.2, -0.15) is 0 Å². The Balaban J connectivity index is 2.27. The maximum Gasteiger partial charge on any atom is 0.224 e. The number of amides is 1. The quantitative estimate of drug-likeness (QED) is 0.757. The second kappa shape index (κ2) is 6.17. The van der Waals surface area contributed by atoms with Crippen LogP contribution in [0.25, 0.3) is 0 Å². The van der Waals surface area contributed by atoms with Crippen molar-refractivity contribution in [3.8, 4) is 0 Å². The van der Waals surface area contributed by atoms with E-state index < -0.39 is 0 Å². The zero-order valence-electron chi connectivity index (χ0n) is 11.7. The molecule has 2 atom stereocenters. The summed E-state index contributed by atoms with van der Waals surface area (Å²) in [7, 11) is 1.98. The first-order valence-electron chi connectivity index (χ1n) is 6.99. The third-order valence-corrected chi connectivity index (χ3v) is 3.99.